The van der Waals surface area contributed by atoms with Crippen molar-refractivity contribution >= 4 is 27.1 Å². The molecule has 0 saturated carbocycles. The van der Waals surface area contributed by atoms with E-state index in [1.165, 1.54) is 6.42 Å². The highest BCUT2D eigenvalue weighted by molar-refractivity contribution is 9.10. The van der Waals surface area contributed by atoms with E-state index in [2.05, 4.69) is 42.7 Å². The molecule has 2 aromatic heterocycles. The zero-order valence-electron chi connectivity index (χ0n) is 18.6. The summed E-state index contributed by atoms with van der Waals surface area (Å²) in [6.07, 6.45) is 3.92. The Morgan fingerprint density at radius 1 is 1.12 bits per heavy atom. The van der Waals surface area contributed by atoms with Crippen molar-refractivity contribution in [3.05, 3.63) is 51.0 Å². The summed E-state index contributed by atoms with van der Waals surface area (Å²) in [5, 5.41) is 0. The Labute approximate surface area is 195 Å². The van der Waals surface area contributed by atoms with Gasteiger partial charge in [0.15, 0.2) is 5.65 Å². The first-order chi connectivity index (χ1) is 15.5. The fourth-order valence-corrected chi connectivity index (χ4v) is 5.33. The quantitative estimate of drug-likeness (QED) is 0.473. The fourth-order valence-electron chi connectivity index (χ4n) is 5.06. The van der Waals surface area contributed by atoms with Crippen LogP contribution in [-0.2, 0) is 13.1 Å². The molecule has 2 unspecified atom stereocenters. The molecule has 2 aliphatic rings. The third kappa shape index (κ3) is 4.09. The fraction of sp³-hybridized carbons (Fsp3) is 0.522. The second kappa shape index (κ2) is 8.96. The Balaban J connectivity index is 1.39. The topological polar surface area (TPSA) is 68.4 Å². The van der Waals surface area contributed by atoms with Crippen LogP contribution in [0.3, 0.4) is 0 Å². The van der Waals surface area contributed by atoms with Gasteiger partial charge in [0.2, 0.25) is 0 Å². The average Bonchev–Trinajstić information content (AvgIpc) is 3.42. The van der Waals surface area contributed by atoms with Crippen LogP contribution in [0.15, 0.2) is 39.7 Å². The number of halogens is 1. The second-order valence-electron chi connectivity index (χ2n) is 8.77. The van der Waals surface area contributed by atoms with Crippen LogP contribution in [0, 0.1) is 0 Å². The number of likely N-dealkylation sites (N-methyl/N-ethyl adjacent to an activating group) is 1. The highest BCUT2D eigenvalue weighted by Crippen LogP contribution is 2.29. The smallest absolute Gasteiger partial charge is 0.330 e. The van der Waals surface area contributed by atoms with E-state index in [9.17, 15) is 4.79 Å². The third-order valence-electron chi connectivity index (χ3n) is 6.72. The first-order valence-electron chi connectivity index (χ1n) is 11.3. The summed E-state index contributed by atoms with van der Waals surface area (Å²) in [5.74, 6) is 0. The molecule has 2 atom stereocenters. The van der Waals surface area contributed by atoms with Crippen LogP contribution in [0.25, 0.3) is 11.2 Å². The van der Waals surface area contributed by atoms with Gasteiger partial charge in [-0.2, -0.15) is 4.98 Å². The molecule has 2 aliphatic heterocycles. The van der Waals surface area contributed by atoms with E-state index in [0.717, 1.165) is 41.6 Å². The molecule has 9 heteroatoms. The van der Waals surface area contributed by atoms with Crippen molar-refractivity contribution in [2.24, 2.45) is 0 Å². The van der Waals surface area contributed by atoms with Crippen LogP contribution in [0.2, 0.25) is 0 Å². The van der Waals surface area contributed by atoms with E-state index in [-0.39, 0.29) is 5.69 Å². The van der Waals surface area contributed by atoms with Gasteiger partial charge in [0.25, 0.3) is 0 Å². The molecule has 0 spiro atoms. The van der Waals surface area contributed by atoms with Gasteiger partial charge in [-0.15, -0.1) is 0 Å². The van der Waals surface area contributed by atoms with Gasteiger partial charge in [-0.25, -0.2) is 9.78 Å². The van der Waals surface area contributed by atoms with E-state index in [4.69, 9.17) is 4.74 Å². The van der Waals surface area contributed by atoms with Crippen LogP contribution >= 0.6 is 15.9 Å². The molecule has 2 saturated heterocycles. The maximum Gasteiger partial charge on any atom is 0.330 e. The summed E-state index contributed by atoms with van der Waals surface area (Å²) in [7, 11) is 2.22. The number of rotatable bonds is 8. The Morgan fingerprint density at radius 2 is 1.94 bits per heavy atom. The van der Waals surface area contributed by atoms with E-state index < -0.39 is 0 Å². The van der Waals surface area contributed by atoms with Crippen LogP contribution in [-0.4, -0.2) is 74.3 Å². The van der Waals surface area contributed by atoms with Crippen molar-refractivity contribution in [1.82, 2.24) is 28.9 Å². The van der Waals surface area contributed by atoms with Crippen molar-refractivity contribution in [3.63, 3.8) is 0 Å². The first kappa shape index (κ1) is 21.6. The van der Waals surface area contributed by atoms with Gasteiger partial charge >= 0.3 is 11.7 Å². The number of likely N-dealkylation sites (tertiary alicyclic amines) is 2. The molecule has 0 amide bonds. The van der Waals surface area contributed by atoms with Crippen molar-refractivity contribution in [2.75, 3.05) is 33.3 Å². The van der Waals surface area contributed by atoms with Crippen LogP contribution in [0.1, 0.15) is 25.3 Å². The van der Waals surface area contributed by atoms with Crippen molar-refractivity contribution in [1.29, 1.82) is 0 Å². The van der Waals surface area contributed by atoms with E-state index in [1.807, 2.05) is 35.8 Å². The average molecular weight is 501 g/mol. The van der Waals surface area contributed by atoms with E-state index in [1.54, 1.807) is 10.8 Å². The van der Waals surface area contributed by atoms with Crippen molar-refractivity contribution in [3.8, 4) is 6.01 Å². The van der Waals surface area contributed by atoms with Gasteiger partial charge in [0.1, 0.15) is 5.52 Å². The molecule has 0 aliphatic carbocycles. The molecule has 170 valence electrons. The minimum absolute atomic E-state index is 0.0476. The number of hydrogen-bond donors (Lipinski definition) is 0. The Hall–Kier alpha value is -2.23. The number of nitrogens with zero attached hydrogens (tertiary/aromatic N) is 6. The summed E-state index contributed by atoms with van der Waals surface area (Å²) in [5.41, 5.74) is 2.38. The highest BCUT2D eigenvalue weighted by atomic mass is 79.9. The van der Waals surface area contributed by atoms with Crippen LogP contribution in [0.4, 0.5) is 0 Å². The highest BCUT2D eigenvalue weighted by Gasteiger charge is 2.40. The number of benzene rings is 1. The molecule has 32 heavy (non-hydrogen) atoms. The monoisotopic (exact) mass is 500 g/mol. The summed E-state index contributed by atoms with van der Waals surface area (Å²) < 4.78 is 10.1. The maximum absolute atomic E-state index is 13.4. The normalized spacial score (nSPS) is 21.1. The largest absolute Gasteiger partial charge is 0.464 e. The number of fused-ring (bicyclic) bond motifs is 3. The number of ether oxygens (including phenoxy) is 1. The molecule has 0 N–H and O–H groups in total. The third-order valence-corrected chi connectivity index (χ3v) is 7.25. The van der Waals surface area contributed by atoms with Gasteiger partial charge in [-0.3, -0.25) is 14.0 Å². The lowest BCUT2D eigenvalue weighted by atomic mass is 10.2. The van der Waals surface area contributed by atoms with Gasteiger partial charge < -0.3 is 9.64 Å². The number of hydrogen-bond acceptors (Lipinski definition) is 6. The SMILES string of the molecule is CCOc1ncc2c(n1)n(Cc1ccc(Br)cc1)c(=O)n2CCCN1CC2CC1CN2C. The number of aromatic nitrogens is 4. The Bertz CT molecular complexity index is 1160. The first-order valence-corrected chi connectivity index (χ1v) is 12.1. The molecule has 2 fully saturated rings. The molecule has 0 radical (unpaired) electrons. The second-order valence-corrected chi connectivity index (χ2v) is 9.69. The standard InChI is InChI=1S/C23H29BrN6O2/c1-3-32-22-25-12-20-21(26-22)30(13-16-5-7-17(24)8-6-16)23(31)29(20)10-4-9-28-15-18-11-19(28)14-27(18)2/h5-8,12,18-19H,3-4,9-11,13-15H2,1-2H3. The molecular formula is C23H29BrN6O2. The minimum Gasteiger partial charge on any atom is -0.464 e. The minimum atomic E-state index is -0.0476. The maximum atomic E-state index is 13.4. The molecule has 8 nitrogen and oxygen atoms in total. The van der Waals surface area contributed by atoms with Crippen molar-refractivity contribution < 1.29 is 4.74 Å². The summed E-state index contributed by atoms with van der Waals surface area (Å²) >= 11 is 3.47. The number of imidazole rings is 1. The summed E-state index contributed by atoms with van der Waals surface area (Å²) in [6.45, 7) is 6.81. The Morgan fingerprint density at radius 3 is 2.62 bits per heavy atom. The van der Waals surface area contributed by atoms with Crippen molar-refractivity contribution in [2.45, 2.75) is 44.9 Å². The van der Waals surface area contributed by atoms with Gasteiger partial charge in [0, 0.05) is 42.7 Å². The molecule has 1 aromatic carbocycles. The molecule has 2 bridgehead atoms. The van der Waals surface area contributed by atoms with Gasteiger partial charge in [0.05, 0.1) is 19.3 Å². The predicted octanol–water partition coefficient (Wildman–Crippen LogP) is 2.58. The zero-order valence-corrected chi connectivity index (χ0v) is 20.2. The molecule has 5 rings (SSSR count). The lowest BCUT2D eigenvalue weighted by molar-refractivity contribution is 0.147. The van der Waals surface area contributed by atoms with Gasteiger partial charge in [-0.1, -0.05) is 28.1 Å². The lowest BCUT2D eigenvalue weighted by Crippen LogP contribution is -2.45. The number of aryl methyl sites for hydroxylation is 1. The Kier molecular flexibility index (Phi) is 6.05. The number of piperazine rings is 1. The molecular weight excluding hydrogens is 472 g/mol. The predicted molar refractivity (Wildman–Crippen MR) is 127 cm³/mol. The molecule has 3 aromatic rings. The van der Waals surface area contributed by atoms with E-state index >= 15 is 0 Å². The lowest BCUT2D eigenvalue weighted by Gasteiger charge is -2.31. The van der Waals surface area contributed by atoms with E-state index in [0.29, 0.717) is 43.4 Å². The van der Waals surface area contributed by atoms with Crippen LogP contribution < -0.4 is 10.4 Å². The zero-order chi connectivity index (χ0) is 22.2. The van der Waals surface area contributed by atoms with Gasteiger partial charge in [-0.05, 0) is 44.5 Å². The summed E-state index contributed by atoms with van der Waals surface area (Å²) in [4.78, 5) is 27.4. The van der Waals surface area contributed by atoms with Crippen LogP contribution in [0.5, 0.6) is 6.01 Å². The molecule has 4 heterocycles. The summed E-state index contributed by atoms with van der Waals surface area (Å²) in [6, 6.07) is 9.67.